The quantitative estimate of drug-likeness (QED) is 0.929. The lowest BCUT2D eigenvalue weighted by Crippen LogP contribution is -2.48. The van der Waals surface area contributed by atoms with Crippen LogP contribution in [0.1, 0.15) is 49.1 Å². The van der Waals surface area contributed by atoms with E-state index in [1.54, 1.807) is 4.90 Å². The molecule has 0 saturated carbocycles. The molecule has 4 nitrogen and oxygen atoms in total. The van der Waals surface area contributed by atoms with Gasteiger partial charge in [-0.2, -0.15) is 0 Å². The van der Waals surface area contributed by atoms with Gasteiger partial charge in [-0.1, -0.05) is 24.3 Å². The summed E-state index contributed by atoms with van der Waals surface area (Å²) in [6.45, 7) is 0.587. The van der Waals surface area contributed by atoms with Crippen LogP contribution in [-0.2, 0) is 16.0 Å². The molecule has 1 fully saturated rings. The molecule has 0 spiro atoms. The molecule has 1 saturated heterocycles. The Bertz CT molecular complexity index is 555. The fourth-order valence-electron chi connectivity index (χ4n) is 3.67. The van der Waals surface area contributed by atoms with Gasteiger partial charge in [0.05, 0.1) is 0 Å². The SMILES string of the molecule is O=C(O)[C@H]1CCCCN1C(=O)C[C@H]1CCc2ccccc21. The van der Waals surface area contributed by atoms with Crippen molar-refractivity contribution in [1.29, 1.82) is 0 Å². The number of carbonyl (C=O) groups is 2. The number of likely N-dealkylation sites (tertiary alicyclic amines) is 1. The Morgan fingerprint density at radius 1 is 1.19 bits per heavy atom. The van der Waals surface area contributed by atoms with Crippen molar-refractivity contribution in [2.45, 2.75) is 50.5 Å². The number of aryl methyl sites for hydroxylation is 1. The zero-order chi connectivity index (χ0) is 14.8. The number of amides is 1. The first-order valence-electron chi connectivity index (χ1n) is 7.77. The second-order valence-corrected chi connectivity index (χ2v) is 6.08. The number of hydrogen-bond donors (Lipinski definition) is 1. The van der Waals surface area contributed by atoms with Gasteiger partial charge in [-0.25, -0.2) is 4.79 Å². The molecule has 1 N–H and O–H groups in total. The fourth-order valence-corrected chi connectivity index (χ4v) is 3.67. The molecule has 1 aliphatic heterocycles. The smallest absolute Gasteiger partial charge is 0.326 e. The Kier molecular flexibility index (Phi) is 3.95. The number of nitrogens with zero attached hydrogens (tertiary/aromatic N) is 1. The average molecular weight is 287 g/mol. The number of rotatable bonds is 3. The van der Waals surface area contributed by atoms with Gasteiger partial charge in [0.1, 0.15) is 6.04 Å². The molecule has 4 heteroatoms. The second-order valence-electron chi connectivity index (χ2n) is 6.08. The van der Waals surface area contributed by atoms with Gasteiger partial charge in [-0.15, -0.1) is 0 Å². The van der Waals surface area contributed by atoms with Crippen LogP contribution < -0.4 is 0 Å². The van der Waals surface area contributed by atoms with Crippen LogP contribution in [0.5, 0.6) is 0 Å². The van der Waals surface area contributed by atoms with Crippen LogP contribution in [0.25, 0.3) is 0 Å². The predicted molar refractivity (Wildman–Crippen MR) is 79.1 cm³/mol. The molecule has 0 aromatic heterocycles. The van der Waals surface area contributed by atoms with Crippen LogP contribution >= 0.6 is 0 Å². The van der Waals surface area contributed by atoms with Gasteiger partial charge < -0.3 is 10.0 Å². The Morgan fingerprint density at radius 3 is 2.81 bits per heavy atom. The first kappa shape index (κ1) is 14.1. The van der Waals surface area contributed by atoms with Gasteiger partial charge >= 0.3 is 5.97 Å². The van der Waals surface area contributed by atoms with E-state index in [-0.39, 0.29) is 11.8 Å². The van der Waals surface area contributed by atoms with Gasteiger partial charge in [0.15, 0.2) is 0 Å². The minimum Gasteiger partial charge on any atom is -0.480 e. The average Bonchev–Trinajstić information content (AvgIpc) is 2.90. The van der Waals surface area contributed by atoms with Crippen LogP contribution in [-0.4, -0.2) is 34.5 Å². The Morgan fingerprint density at radius 2 is 2.00 bits per heavy atom. The van der Waals surface area contributed by atoms with E-state index in [4.69, 9.17) is 0 Å². The van der Waals surface area contributed by atoms with E-state index in [2.05, 4.69) is 12.1 Å². The maximum Gasteiger partial charge on any atom is 0.326 e. The summed E-state index contributed by atoms with van der Waals surface area (Å²) in [5, 5.41) is 9.28. The molecule has 0 unspecified atom stereocenters. The highest BCUT2D eigenvalue weighted by Gasteiger charge is 2.34. The number of carboxylic acid groups (broad SMARTS) is 1. The van der Waals surface area contributed by atoms with Gasteiger partial charge in [0.2, 0.25) is 5.91 Å². The van der Waals surface area contributed by atoms with Crippen LogP contribution in [0.15, 0.2) is 24.3 Å². The molecule has 1 aromatic carbocycles. The van der Waals surface area contributed by atoms with Crippen molar-refractivity contribution in [3.8, 4) is 0 Å². The minimum atomic E-state index is -0.866. The monoisotopic (exact) mass is 287 g/mol. The molecule has 1 aliphatic carbocycles. The molecule has 1 aromatic rings. The minimum absolute atomic E-state index is 0.00352. The van der Waals surface area contributed by atoms with Crippen molar-refractivity contribution >= 4 is 11.9 Å². The lowest BCUT2D eigenvalue weighted by atomic mass is 9.95. The summed E-state index contributed by atoms with van der Waals surface area (Å²) in [6, 6.07) is 7.66. The molecule has 2 aliphatic rings. The van der Waals surface area contributed by atoms with Gasteiger partial charge in [-0.3, -0.25) is 4.79 Å². The summed E-state index contributed by atoms with van der Waals surface area (Å²) in [6.07, 6.45) is 4.86. The van der Waals surface area contributed by atoms with Gasteiger partial charge in [-0.05, 0) is 49.1 Å². The van der Waals surface area contributed by atoms with Gasteiger partial charge in [0, 0.05) is 13.0 Å². The first-order chi connectivity index (χ1) is 10.2. The van der Waals surface area contributed by atoms with Crippen molar-refractivity contribution < 1.29 is 14.7 Å². The molecule has 112 valence electrons. The number of hydrogen-bond acceptors (Lipinski definition) is 2. The highest BCUT2D eigenvalue weighted by atomic mass is 16.4. The molecule has 21 heavy (non-hydrogen) atoms. The molecule has 1 heterocycles. The summed E-state index contributed by atoms with van der Waals surface area (Å²) in [5.41, 5.74) is 2.61. The summed E-state index contributed by atoms with van der Waals surface area (Å²) < 4.78 is 0. The lowest BCUT2D eigenvalue weighted by Gasteiger charge is -2.33. The third kappa shape index (κ3) is 2.80. The van der Waals surface area contributed by atoms with Crippen molar-refractivity contribution in [1.82, 2.24) is 4.90 Å². The standard InChI is InChI=1S/C17H21NO3/c19-16(18-10-4-3-7-15(18)17(20)21)11-13-9-8-12-5-1-2-6-14(12)13/h1-2,5-6,13,15H,3-4,7-11H2,(H,20,21)/t13-,15-/m1/s1. The molecule has 3 rings (SSSR count). The number of carboxylic acids is 1. The van der Waals surface area contributed by atoms with Crippen molar-refractivity contribution in [2.24, 2.45) is 0 Å². The van der Waals surface area contributed by atoms with E-state index in [0.29, 0.717) is 19.4 Å². The molecule has 0 bridgehead atoms. The predicted octanol–water partition coefficient (Wildman–Crippen LogP) is 2.57. The maximum absolute atomic E-state index is 12.5. The van der Waals surface area contributed by atoms with Gasteiger partial charge in [0.25, 0.3) is 0 Å². The normalized spacial score (nSPS) is 24.7. The zero-order valence-corrected chi connectivity index (χ0v) is 12.1. The number of benzene rings is 1. The number of aliphatic carboxylic acids is 1. The summed E-state index contributed by atoms with van der Waals surface area (Å²) >= 11 is 0. The molecule has 1 amide bonds. The topological polar surface area (TPSA) is 57.6 Å². The van der Waals surface area contributed by atoms with E-state index in [0.717, 1.165) is 25.7 Å². The summed E-state index contributed by atoms with van der Waals surface area (Å²) in [4.78, 5) is 25.4. The van der Waals surface area contributed by atoms with Crippen molar-refractivity contribution in [2.75, 3.05) is 6.54 Å². The second kappa shape index (κ2) is 5.88. The summed E-state index contributed by atoms with van der Waals surface area (Å²) in [5.74, 6) is -0.608. The molecule has 0 radical (unpaired) electrons. The van der Waals surface area contributed by atoms with Crippen molar-refractivity contribution in [3.63, 3.8) is 0 Å². The van der Waals surface area contributed by atoms with Crippen LogP contribution in [0.3, 0.4) is 0 Å². The Hall–Kier alpha value is -1.84. The van der Waals surface area contributed by atoms with Crippen LogP contribution in [0, 0.1) is 0 Å². The summed E-state index contributed by atoms with van der Waals surface area (Å²) in [7, 11) is 0. The maximum atomic E-state index is 12.5. The fraction of sp³-hybridized carbons (Fsp3) is 0.529. The van der Waals surface area contributed by atoms with E-state index in [1.165, 1.54) is 11.1 Å². The molecular weight excluding hydrogens is 266 g/mol. The highest BCUT2D eigenvalue weighted by Crippen LogP contribution is 2.36. The largest absolute Gasteiger partial charge is 0.480 e. The zero-order valence-electron chi connectivity index (χ0n) is 12.1. The van der Waals surface area contributed by atoms with E-state index in [1.807, 2.05) is 12.1 Å². The number of carbonyl (C=O) groups excluding carboxylic acids is 1. The van der Waals surface area contributed by atoms with Crippen LogP contribution in [0.4, 0.5) is 0 Å². The third-order valence-electron chi connectivity index (χ3n) is 4.79. The third-order valence-corrected chi connectivity index (χ3v) is 4.79. The lowest BCUT2D eigenvalue weighted by molar-refractivity contribution is -0.152. The van der Waals surface area contributed by atoms with Crippen molar-refractivity contribution in [3.05, 3.63) is 35.4 Å². The number of fused-ring (bicyclic) bond motifs is 1. The molecule has 2 atom stereocenters. The van der Waals surface area contributed by atoms with Crippen LogP contribution in [0.2, 0.25) is 0 Å². The highest BCUT2D eigenvalue weighted by molar-refractivity contribution is 5.84. The molecular formula is C17H21NO3. The Balaban J connectivity index is 1.70. The van der Waals surface area contributed by atoms with E-state index >= 15 is 0 Å². The number of piperidine rings is 1. The Labute approximate surface area is 124 Å². The van der Waals surface area contributed by atoms with E-state index < -0.39 is 12.0 Å². The first-order valence-corrected chi connectivity index (χ1v) is 7.77. The van der Waals surface area contributed by atoms with E-state index in [9.17, 15) is 14.7 Å².